The van der Waals surface area contributed by atoms with Crippen molar-refractivity contribution in [3.8, 4) is 0 Å². The fraction of sp³-hybridized carbons (Fsp3) is 0.235. The van der Waals surface area contributed by atoms with E-state index >= 15 is 0 Å². The molecule has 0 amide bonds. The molecule has 3 rings (SSSR count). The van der Waals surface area contributed by atoms with Crippen LogP contribution in [0, 0.1) is 6.92 Å². The molecule has 3 nitrogen and oxygen atoms in total. The number of hydrogen-bond donors (Lipinski definition) is 1. The van der Waals surface area contributed by atoms with Crippen molar-refractivity contribution in [2.24, 2.45) is 0 Å². The SMILES string of the molecule is CCCc1nc2cc(C)ccn2c1Nc1ccccc1. The summed E-state index contributed by atoms with van der Waals surface area (Å²) in [5.74, 6) is 1.08. The molecule has 0 saturated carbocycles. The summed E-state index contributed by atoms with van der Waals surface area (Å²) in [6.45, 7) is 4.28. The number of benzene rings is 1. The van der Waals surface area contributed by atoms with Crippen LogP contribution < -0.4 is 5.32 Å². The summed E-state index contributed by atoms with van der Waals surface area (Å²) in [4.78, 5) is 4.76. The molecule has 0 radical (unpaired) electrons. The van der Waals surface area contributed by atoms with E-state index in [1.807, 2.05) is 18.2 Å². The van der Waals surface area contributed by atoms with E-state index in [9.17, 15) is 0 Å². The summed E-state index contributed by atoms with van der Waals surface area (Å²) in [6, 6.07) is 14.5. The summed E-state index contributed by atoms with van der Waals surface area (Å²) >= 11 is 0. The average Bonchev–Trinajstić information content (AvgIpc) is 2.77. The first-order chi connectivity index (χ1) is 9.78. The second-order valence-electron chi connectivity index (χ2n) is 5.08. The van der Waals surface area contributed by atoms with E-state index in [4.69, 9.17) is 4.98 Å². The Hall–Kier alpha value is -2.29. The molecule has 0 aliphatic carbocycles. The molecule has 0 unspecified atom stereocenters. The first kappa shape index (κ1) is 12.7. The molecule has 0 saturated heterocycles. The number of aryl methyl sites for hydroxylation is 2. The van der Waals surface area contributed by atoms with Crippen LogP contribution in [0.4, 0.5) is 11.5 Å². The van der Waals surface area contributed by atoms with Crippen LogP contribution >= 0.6 is 0 Å². The van der Waals surface area contributed by atoms with E-state index < -0.39 is 0 Å². The van der Waals surface area contributed by atoms with Crippen LogP contribution in [0.1, 0.15) is 24.6 Å². The summed E-state index contributed by atoms with van der Waals surface area (Å²) in [6.07, 6.45) is 4.16. The smallest absolute Gasteiger partial charge is 0.138 e. The lowest BCUT2D eigenvalue weighted by Crippen LogP contribution is -1.98. The molecule has 0 aliphatic rings. The maximum absolute atomic E-state index is 4.76. The van der Waals surface area contributed by atoms with Crippen molar-refractivity contribution < 1.29 is 0 Å². The monoisotopic (exact) mass is 265 g/mol. The van der Waals surface area contributed by atoms with Crippen molar-refractivity contribution in [2.45, 2.75) is 26.7 Å². The molecule has 0 atom stereocenters. The Kier molecular flexibility index (Phi) is 3.42. The van der Waals surface area contributed by atoms with Gasteiger partial charge in [-0.15, -0.1) is 0 Å². The Morgan fingerprint density at radius 2 is 1.95 bits per heavy atom. The molecule has 2 heterocycles. The number of para-hydroxylation sites is 1. The third-order valence-electron chi connectivity index (χ3n) is 3.38. The molecular formula is C17H19N3. The molecule has 102 valence electrons. The average molecular weight is 265 g/mol. The van der Waals surface area contributed by atoms with Gasteiger partial charge in [-0.05, 0) is 43.2 Å². The van der Waals surface area contributed by atoms with Gasteiger partial charge in [-0.3, -0.25) is 4.40 Å². The first-order valence-electron chi connectivity index (χ1n) is 7.07. The van der Waals surface area contributed by atoms with E-state index in [1.165, 1.54) is 5.56 Å². The van der Waals surface area contributed by atoms with Crippen LogP contribution in [0.2, 0.25) is 0 Å². The lowest BCUT2D eigenvalue weighted by Gasteiger charge is -2.08. The van der Waals surface area contributed by atoms with Crippen LogP contribution in [0.5, 0.6) is 0 Å². The molecular weight excluding hydrogens is 246 g/mol. The van der Waals surface area contributed by atoms with Gasteiger partial charge in [-0.25, -0.2) is 4.98 Å². The number of fused-ring (bicyclic) bond motifs is 1. The van der Waals surface area contributed by atoms with E-state index in [1.54, 1.807) is 0 Å². The Balaban J connectivity index is 2.09. The fourth-order valence-electron chi connectivity index (χ4n) is 2.40. The lowest BCUT2D eigenvalue weighted by atomic mass is 10.2. The van der Waals surface area contributed by atoms with Crippen molar-refractivity contribution in [1.29, 1.82) is 0 Å². The van der Waals surface area contributed by atoms with Gasteiger partial charge in [0.1, 0.15) is 11.5 Å². The number of nitrogens with zero attached hydrogens (tertiary/aromatic N) is 2. The normalized spacial score (nSPS) is 10.9. The van der Waals surface area contributed by atoms with Gasteiger partial charge in [-0.2, -0.15) is 0 Å². The standard InChI is InChI=1S/C17H19N3/c1-3-7-15-17(18-14-8-5-4-6-9-14)20-11-10-13(2)12-16(20)19-15/h4-6,8-12,18H,3,7H2,1-2H3. The maximum atomic E-state index is 4.76. The minimum atomic E-state index is 0.982. The van der Waals surface area contributed by atoms with E-state index in [2.05, 4.69) is 54.0 Å². The topological polar surface area (TPSA) is 29.3 Å². The predicted molar refractivity (Wildman–Crippen MR) is 83.6 cm³/mol. The number of anilines is 2. The summed E-state index contributed by atoms with van der Waals surface area (Å²) < 4.78 is 2.13. The summed E-state index contributed by atoms with van der Waals surface area (Å²) in [7, 11) is 0. The molecule has 1 N–H and O–H groups in total. The summed E-state index contributed by atoms with van der Waals surface area (Å²) in [5, 5.41) is 3.50. The van der Waals surface area contributed by atoms with Gasteiger partial charge in [-0.1, -0.05) is 31.5 Å². The zero-order valence-electron chi connectivity index (χ0n) is 11.9. The molecule has 3 heteroatoms. The van der Waals surface area contributed by atoms with Gasteiger partial charge < -0.3 is 5.32 Å². The quantitative estimate of drug-likeness (QED) is 0.760. The van der Waals surface area contributed by atoms with Crippen molar-refractivity contribution in [2.75, 3.05) is 5.32 Å². The highest BCUT2D eigenvalue weighted by Crippen LogP contribution is 2.24. The second-order valence-corrected chi connectivity index (χ2v) is 5.08. The second kappa shape index (κ2) is 5.37. The van der Waals surface area contributed by atoms with Crippen LogP contribution in [-0.2, 0) is 6.42 Å². The number of imidazole rings is 1. The third kappa shape index (κ3) is 2.39. The predicted octanol–water partition coefficient (Wildman–Crippen LogP) is 4.34. The minimum absolute atomic E-state index is 0.982. The molecule has 20 heavy (non-hydrogen) atoms. The van der Waals surface area contributed by atoms with Crippen LogP contribution in [-0.4, -0.2) is 9.38 Å². The summed E-state index contributed by atoms with van der Waals surface area (Å²) in [5.41, 5.74) is 4.46. The number of pyridine rings is 1. The van der Waals surface area contributed by atoms with Gasteiger partial charge in [0.2, 0.25) is 0 Å². The van der Waals surface area contributed by atoms with Crippen LogP contribution in [0.25, 0.3) is 5.65 Å². The molecule has 1 aromatic carbocycles. The number of aromatic nitrogens is 2. The van der Waals surface area contributed by atoms with Gasteiger partial charge >= 0.3 is 0 Å². The Labute approximate surface area is 119 Å². The Morgan fingerprint density at radius 1 is 1.15 bits per heavy atom. The van der Waals surface area contributed by atoms with E-state index in [-0.39, 0.29) is 0 Å². The molecule has 0 spiro atoms. The number of nitrogens with one attached hydrogen (secondary N) is 1. The molecule has 0 aliphatic heterocycles. The number of hydrogen-bond acceptors (Lipinski definition) is 2. The highest BCUT2D eigenvalue weighted by Gasteiger charge is 2.11. The Bertz CT molecular complexity index is 714. The van der Waals surface area contributed by atoms with Crippen LogP contribution in [0.3, 0.4) is 0 Å². The van der Waals surface area contributed by atoms with E-state index in [0.29, 0.717) is 0 Å². The van der Waals surface area contributed by atoms with Crippen molar-refractivity contribution in [3.63, 3.8) is 0 Å². The van der Waals surface area contributed by atoms with Crippen LogP contribution in [0.15, 0.2) is 48.7 Å². The highest BCUT2D eigenvalue weighted by atomic mass is 15.1. The lowest BCUT2D eigenvalue weighted by molar-refractivity contribution is 0.896. The van der Waals surface area contributed by atoms with Gasteiger partial charge in [0.25, 0.3) is 0 Å². The molecule has 2 aromatic heterocycles. The van der Waals surface area contributed by atoms with Gasteiger partial charge in [0.15, 0.2) is 0 Å². The maximum Gasteiger partial charge on any atom is 0.138 e. The molecule has 0 bridgehead atoms. The van der Waals surface area contributed by atoms with Gasteiger partial charge in [0.05, 0.1) is 5.69 Å². The van der Waals surface area contributed by atoms with Crippen molar-refractivity contribution in [3.05, 3.63) is 59.9 Å². The van der Waals surface area contributed by atoms with Crippen molar-refractivity contribution >= 4 is 17.2 Å². The first-order valence-corrected chi connectivity index (χ1v) is 7.07. The highest BCUT2D eigenvalue weighted by molar-refractivity contribution is 5.64. The fourth-order valence-corrected chi connectivity index (χ4v) is 2.40. The Morgan fingerprint density at radius 3 is 2.70 bits per heavy atom. The van der Waals surface area contributed by atoms with Gasteiger partial charge in [0, 0.05) is 11.9 Å². The van der Waals surface area contributed by atoms with Crippen molar-refractivity contribution in [1.82, 2.24) is 9.38 Å². The zero-order chi connectivity index (χ0) is 13.9. The largest absolute Gasteiger partial charge is 0.340 e. The molecule has 3 aromatic rings. The third-order valence-corrected chi connectivity index (χ3v) is 3.38. The zero-order valence-corrected chi connectivity index (χ0v) is 11.9. The minimum Gasteiger partial charge on any atom is -0.340 e. The van der Waals surface area contributed by atoms with E-state index in [0.717, 1.165) is 35.7 Å². The number of rotatable bonds is 4. The molecule has 0 fully saturated rings.